The Morgan fingerprint density at radius 1 is 1.43 bits per heavy atom. The van der Waals surface area contributed by atoms with Crippen LogP contribution in [0.3, 0.4) is 0 Å². The fourth-order valence-electron chi connectivity index (χ4n) is 1.02. The second-order valence-electron chi connectivity index (χ2n) is 2.71. The van der Waals surface area contributed by atoms with Gasteiger partial charge in [0.2, 0.25) is 0 Å². The van der Waals surface area contributed by atoms with Crippen LogP contribution < -0.4 is 5.73 Å². The van der Waals surface area contributed by atoms with E-state index in [2.05, 4.69) is 0 Å². The van der Waals surface area contributed by atoms with Gasteiger partial charge in [-0.25, -0.2) is 8.78 Å². The summed E-state index contributed by atoms with van der Waals surface area (Å²) in [6, 6.07) is 1.91. The fourth-order valence-corrected chi connectivity index (χ4v) is 1.23. The van der Waals surface area contributed by atoms with E-state index < -0.39 is 17.4 Å². The third kappa shape index (κ3) is 2.27. The molecule has 0 aliphatic carbocycles. The Morgan fingerprint density at radius 3 is 2.64 bits per heavy atom. The number of nitrogens with two attached hydrogens (primary N) is 1. The van der Waals surface area contributed by atoms with Crippen LogP contribution in [0.2, 0.25) is 5.02 Å². The van der Waals surface area contributed by atoms with E-state index >= 15 is 0 Å². The molecule has 0 aliphatic rings. The molecule has 0 saturated heterocycles. The lowest BCUT2D eigenvalue weighted by molar-refractivity contribution is 0.0980. The van der Waals surface area contributed by atoms with Crippen molar-refractivity contribution in [3.63, 3.8) is 0 Å². The first kappa shape index (κ1) is 11.1. The lowest BCUT2D eigenvalue weighted by atomic mass is 10.1. The molecular weight excluding hydrogens is 212 g/mol. The molecule has 1 aromatic rings. The number of Topliss-reactive ketones (excluding diaryl/α,β-unsaturated/α-hetero) is 1. The highest BCUT2D eigenvalue weighted by atomic mass is 35.5. The summed E-state index contributed by atoms with van der Waals surface area (Å²) < 4.78 is 25.9. The van der Waals surface area contributed by atoms with Gasteiger partial charge in [0.25, 0.3) is 0 Å². The minimum Gasteiger partial charge on any atom is -0.330 e. The first-order valence-corrected chi connectivity index (χ1v) is 4.32. The zero-order valence-electron chi connectivity index (χ0n) is 7.19. The Balaban J connectivity index is 3.13. The third-order valence-corrected chi connectivity index (χ3v) is 1.88. The van der Waals surface area contributed by atoms with Crippen LogP contribution in [0.15, 0.2) is 12.1 Å². The molecule has 1 rings (SSSR count). The lowest BCUT2D eigenvalue weighted by Crippen LogP contribution is -2.10. The van der Waals surface area contributed by atoms with Gasteiger partial charge in [-0.15, -0.1) is 0 Å². The van der Waals surface area contributed by atoms with Crippen LogP contribution >= 0.6 is 11.6 Å². The molecule has 0 amide bonds. The van der Waals surface area contributed by atoms with Gasteiger partial charge in [-0.2, -0.15) is 0 Å². The highest BCUT2D eigenvalue weighted by molar-refractivity contribution is 6.31. The molecule has 2 N–H and O–H groups in total. The molecule has 0 aromatic heterocycles. The largest absolute Gasteiger partial charge is 0.330 e. The summed E-state index contributed by atoms with van der Waals surface area (Å²) in [4.78, 5) is 11.2. The van der Waals surface area contributed by atoms with E-state index in [1.807, 2.05) is 0 Å². The Kier molecular flexibility index (Phi) is 3.55. The van der Waals surface area contributed by atoms with E-state index in [0.717, 1.165) is 12.1 Å². The van der Waals surface area contributed by atoms with Crippen LogP contribution in [0.5, 0.6) is 0 Å². The molecule has 0 atom stereocenters. The fraction of sp³-hybridized carbons (Fsp3) is 0.222. The van der Waals surface area contributed by atoms with Crippen molar-refractivity contribution in [1.82, 2.24) is 0 Å². The number of carbonyl (C=O) groups excluding carboxylic acids is 1. The van der Waals surface area contributed by atoms with Gasteiger partial charge >= 0.3 is 0 Å². The van der Waals surface area contributed by atoms with Crippen molar-refractivity contribution in [2.45, 2.75) is 6.42 Å². The summed E-state index contributed by atoms with van der Waals surface area (Å²) in [6.45, 7) is 0.0897. The average molecular weight is 220 g/mol. The third-order valence-electron chi connectivity index (χ3n) is 1.66. The van der Waals surface area contributed by atoms with Gasteiger partial charge in [-0.05, 0) is 18.7 Å². The highest BCUT2D eigenvalue weighted by Crippen LogP contribution is 2.19. The maximum Gasteiger partial charge on any atom is 0.169 e. The van der Waals surface area contributed by atoms with Crippen LogP contribution in [0, 0.1) is 11.6 Å². The maximum absolute atomic E-state index is 13.1. The zero-order chi connectivity index (χ0) is 10.7. The van der Waals surface area contributed by atoms with Crippen LogP contribution in [0.1, 0.15) is 16.8 Å². The van der Waals surface area contributed by atoms with Crippen molar-refractivity contribution < 1.29 is 13.6 Å². The SMILES string of the molecule is NCCC(=O)c1cc(Cl)cc(F)c1F. The van der Waals surface area contributed by atoms with Gasteiger partial charge in [-0.3, -0.25) is 4.79 Å². The topological polar surface area (TPSA) is 43.1 Å². The monoisotopic (exact) mass is 219 g/mol. The number of carbonyl (C=O) groups is 1. The van der Waals surface area contributed by atoms with Crippen molar-refractivity contribution >= 4 is 17.4 Å². The van der Waals surface area contributed by atoms with Crippen LogP contribution in [0.25, 0.3) is 0 Å². The second kappa shape index (κ2) is 4.48. The van der Waals surface area contributed by atoms with Gasteiger partial charge < -0.3 is 5.73 Å². The van der Waals surface area contributed by atoms with E-state index in [1.54, 1.807) is 0 Å². The normalized spacial score (nSPS) is 10.3. The summed E-state index contributed by atoms with van der Waals surface area (Å²) in [5.41, 5.74) is 4.78. The predicted molar refractivity (Wildman–Crippen MR) is 49.4 cm³/mol. The predicted octanol–water partition coefficient (Wildman–Crippen LogP) is 2.15. The Morgan fingerprint density at radius 2 is 2.07 bits per heavy atom. The van der Waals surface area contributed by atoms with Crippen molar-refractivity contribution in [2.24, 2.45) is 5.73 Å². The zero-order valence-corrected chi connectivity index (χ0v) is 7.94. The smallest absolute Gasteiger partial charge is 0.169 e. The number of hydrogen-bond acceptors (Lipinski definition) is 2. The minimum absolute atomic E-state index is 0.00993. The van der Waals surface area contributed by atoms with Crippen molar-refractivity contribution in [1.29, 1.82) is 0 Å². The van der Waals surface area contributed by atoms with E-state index in [-0.39, 0.29) is 23.6 Å². The molecule has 0 saturated carbocycles. The summed E-state index contributed by atoms with van der Waals surface area (Å²) >= 11 is 5.48. The number of rotatable bonds is 3. The minimum atomic E-state index is -1.17. The maximum atomic E-state index is 13.1. The molecule has 0 bridgehead atoms. The molecule has 0 aliphatic heterocycles. The molecule has 0 fully saturated rings. The molecule has 1 aromatic carbocycles. The molecule has 2 nitrogen and oxygen atoms in total. The number of ketones is 1. The van der Waals surface area contributed by atoms with Gasteiger partial charge in [0.1, 0.15) is 0 Å². The van der Waals surface area contributed by atoms with Crippen molar-refractivity contribution in [3.05, 3.63) is 34.4 Å². The summed E-state index contributed by atoms with van der Waals surface area (Å²) in [5.74, 6) is -2.85. The van der Waals surface area contributed by atoms with E-state index in [0.29, 0.717) is 0 Å². The van der Waals surface area contributed by atoms with Crippen LogP contribution in [-0.4, -0.2) is 12.3 Å². The molecule has 76 valence electrons. The van der Waals surface area contributed by atoms with E-state index in [4.69, 9.17) is 17.3 Å². The van der Waals surface area contributed by atoms with Gasteiger partial charge in [-0.1, -0.05) is 11.6 Å². The van der Waals surface area contributed by atoms with Gasteiger partial charge in [0.15, 0.2) is 17.4 Å². The molecule has 0 radical (unpaired) electrons. The number of halogens is 3. The van der Waals surface area contributed by atoms with Crippen LogP contribution in [-0.2, 0) is 0 Å². The van der Waals surface area contributed by atoms with E-state index in [1.165, 1.54) is 0 Å². The summed E-state index contributed by atoms with van der Waals surface area (Å²) in [7, 11) is 0. The quantitative estimate of drug-likeness (QED) is 0.625. The summed E-state index contributed by atoms with van der Waals surface area (Å²) in [5, 5.41) is -0.00993. The van der Waals surface area contributed by atoms with Crippen molar-refractivity contribution in [3.8, 4) is 0 Å². The molecule has 5 heteroatoms. The second-order valence-corrected chi connectivity index (χ2v) is 3.15. The molecule has 0 heterocycles. The average Bonchev–Trinajstić information content (AvgIpc) is 2.11. The molecule has 0 unspecified atom stereocenters. The Hall–Kier alpha value is -1.00. The molecule has 0 spiro atoms. The van der Waals surface area contributed by atoms with Crippen molar-refractivity contribution in [2.75, 3.05) is 6.54 Å². The van der Waals surface area contributed by atoms with E-state index in [9.17, 15) is 13.6 Å². The Bertz CT molecular complexity index is 368. The first-order chi connectivity index (χ1) is 6.56. The van der Waals surface area contributed by atoms with Gasteiger partial charge in [0.05, 0.1) is 5.56 Å². The standard InChI is InChI=1S/C9H8ClF2NO/c10-5-3-6(8(14)1-2-13)9(12)7(11)4-5/h3-4H,1-2,13H2. The Labute approximate surface area is 84.7 Å². The number of benzene rings is 1. The lowest BCUT2D eigenvalue weighted by Gasteiger charge is -2.02. The summed E-state index contributed by atoms with van der Waals surface area (Å²) in [6.07, 6.45) is -0.0310. The van der Waals surface area contributed by atoms with Gasteiger partial charge in [0, 0.05) is 11.4 Å². The number of hydrogen-bond donors (Lipinski definition) is 1. The van der Waals surface area contributed by atoms with Crippen LogP contribution in [0.4, 0.5) is 8.78 Å². The molecular formula is C9H8ClF2NO. The highest BCUT2D eigenvalue weighted by Gasteiger charge is 2.15. The first-order valence-electron chi connectivity index (χ1n) is 3.94. The molecule has 14 heavy (non-hydrogen) atoms.